The third kappa shape index (κ3) is 1.72. The lowest BCUT2D eigenvalue weighted by molar-refractivity contribution is 0.145. The van der Waals surface area contributed by atoms with Crippen molar-refractivity contribution in [2.45, 2.75) is 13.1 Å². The molecule has 5 heteroatoms. The fraction of sp³-hybridized carbons (Fsp3) is 0.286. The van der Waals surface area contributed by atoms with Gasteiger partial charge in [0, 0.05) is 17.8 Å². The second kappa shape index (κ2) is 3.51. The molecule has 0 saturated heterocycles. The first-order chi connectivity index (χ1) is 5.65. The number of alkyl halides is 3. The summed E-state index contributed by atoms with van der Waals surface area (Å²) in [6.07, 6.45) is -2.05. The van der Waals surface area contributed by atoms with Crippen LogP contribution in [0.15, 0.2) is 12.3 Å². The summed E-state index contributed by atoms with van der Waals surface area (Å²) < 4.78 is 48.2. The van der Waals surface area contributed by atoms with Crippen LogP contribution in [-0.4, -0.2) is 4.98 Å². The van der Waals surface area contributed by atoms with Crippen LogP contribution < -0.4 is 0 Å². The van der Waals surface area contributed by atoms with E-state index >= 15 is 0 Å². The van der Waals surface area contributed by atoms with Gasteiger partial charge in [0.15, 0.2) is 0 Å². The van der Waals surface area contributed by atoms with Gasteiger partial charge in [0.2, 0.25) is 0 Å². The lowest BCUT2D eigenvalue weighted by atomic mass is 10.2. The molecule has 66 valence electrons. The zero-order valence-corrected chi connectivity index (χ0v) is 5.90. The van der Waals surface area contributed by atoms with Crippen LogP contribution in [0.5, 0.6) is 0 Å². The van der Waals surface area contributed by atoms with Crippen molar-refractivity contribution in [2.75, 3.05) is 0 Å². The zero-order chi connectivity index (χ0) is 9.14. The van der Waals surface area contributed by atoms with Gasteiger partial charge in [0.05, 0.1) is 0 Å². The molecule has 1 aromatic heterocycles. The van der Waals surface area contributed by atoms with Gasteiger partial charge in [-0.2, -0.15) is 0 Å². The van der Waals surface area contributed by atoms with Gasteiger partial charge in [-0.25, -0.2) is 17.6 Å². The monoisotopic (exact) mass is 179 g/mol. The third-order valence-electron chi connectivity index (χ3n) is 1.32. The van der Waals surface area contributed by atoms with Gasteiger partial charge in [-0.3, -0.25) is 4.98 Å². The van der Waals surface area contributed by atoms with E-state index < -0.39 is 24.6 Å². The molecule has 0 aliphatic carbocycles. The topological polar surface area (TPSA) is 12.9 Å². The molecule has 0 saturated carbocycles. The Morgan fingerprint density at radius 3 is 2.50 bits per heavy atom. The van der Waals surface area contributed by atoms with Crippen molar-refractivity contribution in [1.29, 1.82) is 0 Å². The van der Waals surface area contributed by atoms with Crippen molar-refractivity contribution in [3.05, 3.63) is 29.3 Å². The molecule has 0 aromatic carbocycles. The van der Waals surface area contributed by atoms with Crippen molar-refractivity contribution in [1.82, 2.24) is 4.98 Å². The molecule has 0 N–H and O–H groups in total. The molecule has 12 heavy (non-hydrogen) atoms. The minimum absolute atomic E-state index is 0.306. The molecular weight excluding hydrogens is 174 g/mol. The minimum Gasteiger partial charge on any atom is -0.255 e. The van der Waals surface area contributed by atoms with Gasteiger partial charge < -0.3 is 0 Å². The highest BCUT2D eigenvalue weighted by molar-refractivity contribution is 5.16. The predicted octanol–water partition coefficient (Wildman–Crippen LogP) is 2.63. The van der Waals surface area contributed by atoms with Crippen molar-refractivity contribution >= 4 is 0 Å². The Morgan fingerprint density at radius 2 is 2.08 bits per heavy atom. The third-order valence-corrected chi connectivity index (χ3v) is 1.32. The Labute approximate surface area is 66.0 Å². The second-order valence-electron chi connectivity index (χ2n) is 2.13. The summed E-state index contributed by atoms with van der Waals surface area (Å²) in [6, 6.07) is 0.541. The summed E-state index contributed by atoms with van der Waals surface area (Å²) in [5.41, 5.74) is -0.982. The van der Waals surface area contributed by atoms with E-state index in [0.717, 1.165) is 6.20 Å². The predicted molar refractivity (Wildman–Crippen MR) is 34.0 cm³/mol. The van der Waals surface area contributed by atoms with Gasteiger partial charge in [0.25, 0.3) is 6.43 Å². The van der Waals surface area contributed by atoms with Crippen LogP contribution in [0, 0.1) is 5.82 Å². The van der Waals surface area contributed by atoms with E-state index in [1.54, 1.807) is 0 Å². The van der Waals surface area contributed by atoms with Crippen LogP contribution in [0.4, 0.5) is 17.6 Å². The number of hydrogen-bond donors (Lipinski definition) is 0. The molecule has 0 aliphatic heterocycles. The first kappa shape index (κ1) is 8.96. The van der Waals surface area contributed by atoms with Crippen molar-refractivity contribution in [2.24, 2.45) is 0 Å². The molecule has 1 heterocycles. The van der Waals surface area contributed by atoms with Gasteiger partial charge in [-0.1, -0.05) is 0 Å². The Morgan fingerprint density at radius 1 is 1.42 bits per heavy atom. The normalized spacial score (nSPS) is 10.8. The molecule has 1 rings (SSSR count). The van der Waals surface area contributed by atoms with Crippen LogP contribution in [0.25, 0.3) is 0 Å². The average molecular weight is 179 g/mol. The molecule has 1 aromatic rings. The highest BCUT2D eigenvalue weighted by Crippen LogP contribution is 2.18. The smallest absolute Gasteiger partial charge is 0.255 e. The first-order valence-electron chi connectivity index (χ1n) is 3.13. The number of rotatable bonds is 2. The highest BCUT2D eigenvalue weighted by Gasteiger charge is 2.11. The Balaban J connectivity index is 3.02. The molecule has 0 spiro atoms. The summed E-state index contributed by atoms with van der Waals surface area (Å²) >= 11 is 0. The van der Waals surface area contributed by atoms with Crippen molar-refractivity contribution in [3.8, 4) is 0 Å². The fourth-order valence-corrected chi connectivity index (χ4v) is 0.692. The summed E-state index contributed by atoms with van der Waals surface area (Å²) in [5, 5.41) is 0. The van der Waals surface area contributed by atoms with E-state index in [-0.39, 0.29) is 5.56 Å². The maximum atomic E-state index is 12.6. The lowest BCUT2D eigenvalue weighted by Crippen LogP contribution is -1.95. The molecule has 0 unspecified atom stereocenters. The van der Waals surface area contributed by atoms with Gasteiger partial charge in [-0.15, -0.1) is 0 Å². The fourth-order valence-electron chi connectivity index (χ4n) is 0.692. The van der Waals surface area contributed by atoms with E-state index in [1.807, 2.05) is 0 Å². The summed E-state index contributed by atoms with van der Waals surface area (Å²) in [5.74, 6) is -0.984. The average Bonchev–Trinajstić information content (AvgIpc) is 2.04. The van der Waals surface area contributed by atoms with Gasteiger partial charge in [0.1, 0.15) is 18.2 Å². The molecule has 0 amide bonds. The number of aromatic nitrogens is 1. The largest absolute Gasteiger partial charge is 0.280 e. The SMILES string of the molecule is FCc1cnc(C(F)F)cc1F. The Kier molecular flexibility index (Phi) is 2.62. The summed E-state index contributed by atoms with van der Waals surface area (Å²) in [6.45, 7) is -1.04. The molecule has 0 aliphatic rings. The lowest BCUT2D eigenvalue weighted by Gasteiger charge is -2.00. The maximum absolute atomic E-state index is 12.6. The molecule has 0 fully saturated rings. The van der Waals surface area contributed by atoms with E-state index in [2.05, 4.69) is 4.98 Å². The van der Waals surface area contributed by atoms with Gasteiger partial charge in [-0.05, 0) is 0 Å². The standard InChI is InChI=1S/C7H5F4N/c8-2-4-3-12-6(7(10)11)1-5(4)9/h1,3,7H,2H2. The van der Waals surface area contributed by atoms with Crippen LogP contribution in [-0.2, 0) is 6.67 Å². The van der Waals surface area contributed by atoms with Crippen LogP contribution >= 0.6 is 0 Å². The molecule has 1 nitrogen and oxygen atoms in total. The molecular formula is C7H5F4N. The van der Waals surface area contributed by atoms with E-state index in [1.165, 1.54) is 0 Å². The first-order valence-corrected chi connectivity index (χ1v) is 3.13. The number of halogens is 4. The molecule has 0 bridgehead atoms. The van der Waals surface area contributed by atoms with Crippen molar-refractivity contribution < 1.29 is 17.6 Å². The summed E-state index contributed by atoms with van der Waals surface area (Å²) in [4.78, 5) is 3.18. The van der Waals surface area contributed by atoms with Crippen molar-refractivity contribution in [3.63, 3.8) is 0 Å². The summed E-state index contributed by atoms with van der Waals surface area (Å²) in [7, 11) is 0. The number of pyridine rings is 1. The Bertz CT molecular complexity index is 274. The minimum atomic E-state index is -2.83. The van der Waals surface area contributed by atoms with Gasteiger partial charge >= 0.3 is 0 Å². The van der Waals surface area contributed by atoms with Crippen LogP contribution in [0.1, 0.15) is 17.7 Å². The number of hydrogen-bond acceptors (Lipinski definition) is 1. The van der Waals surface area contributed by atoms with E-state index in [0.29, 0.717) is 6.07 Å². The second-order valence-corrected chi connectivity index (χ2v) is 2.13. The van der Waals surface area contributed by atoms with E-state index in [9.17, 15) is 17.6 Å². The van der Waals surface area contributed by atoms with Crippen LogP contribution in [0.2, 0.25) is 0 Å². The maximum Gasteiger partial charge on any atom is 0.280 e. The van der Waals surface area contributed by atoms with Crippen LogP contribution in [0.3, 0.4) is 0 Å². The highest BCUT2D eigenvalue weighted by atomic mass is 19.3. The number of nitrogens with zero attached hydrogens (tertiary/aromatic N) is 1. The quantitative estimate of drug-likeness (QED) is 0.636. The zero-order valence-electron chi connectivity index (χ0n) is 5.90. The Hall–Kier alpha value is -1.13. The molecule has 0 atom stereocenters. The molecule has 0 radical (unpaired) electrons. The van der Waals surface area contributed by atoms with E-state index in [4.69, 9.17) is 0 Å².